The number of nitrogens with zero attached hydrogens (tertiary/aromatic N) is 1. The number of ether oxygens (including phenoxy) is 1. The van der Waals surface area contributed by atoms with Crippen molar-refractivity contribution in [3.05, 3.63) is 0 Å². The van der Waals surface area contributed by atoms with Crippen LogP contribution in [0.3, 0.4) is 0 Å². The van der Waals surface area contributed by atoms with Crippen molar-refractivity contribution >= 4 is 24.8 Å². The molecule has 2 saturated heterocycles. The standard InChI is InChI=1S/C7H14N2O.2ClH/c1-9-2-3-10-7-5-8-4-6(7)9;;/h6-8H,2-5H2,1H3;2*1H/t6-,7-;;/m0../s1. The molecule has 2 heterocycles. The number of hydrogen-bond donors (Lipinski definition) is 1. The largest absolute Gasteiger partial charge is 0.374 e. The summed E-state index contributed by atoms with van der Waals surface area (Å²) in [5.74, 6) is 0. The molecule has 0 saturated carbocycles. The molecule has 5 heteroatoms. The van der Waals surface area contributed by atoms with Gasteiger partial charge in [0.2, 0.25) is 0 Å². The molecule has 0 spiro atoms. The Kier molecular flexibility index (Phi) is 5.45. The quantitative estimate of drug-likeness (QED) is 0.621. The SMILES string of the molecule is CN1CCO[C@H]2CNC[C@@H]21.Cl.Cl. The fourth-order valence-electron chi connectivity index (χ4n) is 1.76. The second kappa shape index (κ2) is 5.25. The highest BCUT2D eigenvalue weighted by molar-refractivity contribution is 5.85. The molecule has 0 amide bonds. The summed E-state index contributed by atoms with van der Waals surface area (Å²) in [4.78, 5) is 2.38. The molecule has 74 valence electrons. The first-order chi connectivity index (χ1) is 4.88. The summed E-state index contributed by atoms with van der Waals surface area (Å²) in [5, 5.41) is 3.33. The minimum absolute atomic E-state index is 0. The maximum Gasteiger partial charge on any atom is 0.0867 e. The first kappa shape index (κ1) is 12.5. The lowest BCUT2D eigenvalue weighted by atomic mass is 10.1. The molecule has 12 heavy (non-hydrogen) atoms. The van der Waals surface area contributed by atoms with Gasteiger partial charge in [-0.05, 0) is 7.05 Å². The zero-order valence-corrected chi connectivity index (χ0v) is 8.79. The van der Waals surface area contributed by atoms with Gasteiger partial charge in [0.05, 0.1) is 12.7 Å². The number of fused-ring (bicyclic) bond motifs is 1. The van der Waals surface area contributed by atoms with Gasteiger partial charge in [-0.25, -0.2) is 0 Å². The second-order valence-corrected chi connectivity index (χ2v) is 3.12. The molecular formula is C7H16Cl2N2O. The number of nitrogens with one attached hydrogen (secondary N) is 1. The maximum absolute atomic E-state index is 5.57. The van der Waals surface area contributed by atoms with E-state index < -0.39 is 0 Å². The predicted octanol–water partition coefficient (Wildman–Crippen LogP) is 0.132. The zero-order valence-electron chi connectivity index (χ0n) is 7.16. The first-order valence-electron chi connectivity index (χ1n) is 3.90. The molecule has 0 aromatic heterocycles. The molecule has 0 aliphatic carbocycles. The van der Waals surface area contributed by atoms with E-state index >= 15 is 0 Å². The minimum atomic E-state index is 0. The van der Waals surface area contributed by atoms with E-state index in [1.807, 2.05) is 0 Å². The van der Waals surface area contributed by atoms with Crippen LogP contribution in [0.2, 0.25) is 0 Å². The van der Waals surface area contributed by atoms with Crippen molar-refractivity contribution < 1.29 is 4.74 Å². The fraction of sp³-hybridized carbons (Fsp3) is 1.00. The first-order valence-corrected chi connectivity index (χ1v) is 3.90. The van der Waals surface area contributed by atoms with Crippen LogP contribution in [0.4, 0.5) is 0 Å². The number of rotatable bonds is 0. The molecule has 0 unspecified atom stereocenters. The highest BCUT2D eigenvalue weighted by atomic mass is 35.5. The van der Waals surface area contributed by atoms with Crippen LogP contribution >= 0.6 is 24.8 Å². The summed E-state index contributed by atoms with van der Waals surface area (Å²) >= 11 is 0. The normalized spacial score (nSPS) is 34.8. The topological polar surface area (TPSA) is 24.5 Å². The van der Waals surface area contributed by atoms with E-state index in [0.29, 0.717) is 12.1 Å². The molecule has 2 rings (SSSR count). The van der Waals surface area contributed by atoms with E-state index in [9.17, 15) is 0 Å². The monoisotopic (exact) mass is 214 g/mol. The second-order valence-electron chi connectivity index (χ2n) is 3.12. The van der Waals surface area contributed by atoms with Gasteiger partial charge in [0, 0.05) is 25.7 Å². The van der Waals surface area contributed by atoms with Crippen LogP contribution < -0.4 is 5.32 Å². The Hall–Kier alpha value is 0.460. The van der Waals surface area contributed by atoms with Crippen LogP contribution in [-0.2, 0) is 4.74 Å². The van der Waals surface area contributed by atoms with E-state index in [1.54, 1.807) is 0 Å². The number of morpholine rings is 1. The van der Waals surface area contributed by atoms with Gasteiger partial charge in [0.1, 0.15) is 0 Å². The third kappa shape index (κ3) is 2.24. The highest BCUT2D eigenvalue weighted by Gasteiger charge is 2.33. The molecule has 1 N–H and O–H groups in total. The molecular weight excluding hydrogens is 199 g/mol. The number of likely N-dealkylation sites (N-methyl/N-ethyl adjacent to an activating group) is 1. The van der Waals surface area contributed by atoms with Crippen LogP contribution in [0, 0.1) is 0 Å². The molecule has 0 aromatic rings. The molecule has 2 atom stereocenters. The number of halogens is 2. The van der Waals surface area contributed by atoms with E-state index in [2.05, 4.69) is 17.3 Å². The van der Waals surface area contributed by atoms with Crippen LogP contribution in [0.15, 0.2) is 0 Å². The Morgan fingerprint density at radius 2 is 2.08 bits per heavy atom. The average Bonchev–Trinajstić information content (AvgIpc) is 2.36. The lowest BCUT2D eigenvalue weighted by molar-refractivity contribution is -0.0363. The van der Waals surface area contributed by atoms with Crippen molar-refractivity contribution in [1.29, 1.82) is 0 Å². The number of hydrogen-bond acceptors (Lipinski definition) is 3. The third-order valence-corrected chi connectivity index (χ3v) is 2.47. The molecule has 0 radical (unpaired) electrons. The minimum Gasteiger partial charge on any atom is -0.374 e. The molecule has 0 aromatic carbocycles. The Balaban J connectivity index is 0.000000605. The summed E-state index contributed by atoms with van der Waals surface area (Å²) in [6, 6.07) is 0.633. The van der Waals surface area contributed by atoms with E-state index in [4.69, 9.17) is 4.74 Å². The molecule has 3 nitrogen and oxygen atoms in total. The van der Waals surface area contributed by atoms with Crippen molar-refractivity contribution in [2.24, 2.45) is 0 Å². The van der Waals surface area contributed by atoms with Crippen molar-refractivity contribution in [2.75, 3.05) is 33.3 Å². The average molecular weight is 215 g/mol. The van der Waals surface area contributed by atoms with Crippen molar-refractivity contribution in [1.82, 2.24) is 10.2 Å². The summed E-state index contributed by atoms with van der Waals surface area (Å²) in [6.07, 6.45) is 0.457. The van der Waals surface area contributed by atoms with Crippen LogP contribution in [0.25, 0.3) is 0 Å². The molecule has 2 fully saturated rings. The van der Waals surface area contributed by atoms with Crippen molar-refractivity contribution in [3.63, 3.8) is 0 Å². The molecule has 0 bridgehead atoms. The van der Waals surface area contributed by atoms with Gasteiger partial charge in [-0.2, -0.15) is 0 Å². The van der Waals surface area contributed by atoms with Crippen LogP contribution in [0.1, 0.15) is 0 Å². The van der Waals surface area contributed by atoms with Gasteiger partial charge in [-0.1, -0.05) is 0 Å². The van der Waals surface area contributed by atoms with Gasteiger partial charge in [0.25, 0.3) is 0 Å². The van der Waals surface area contributed by atoms with Gasteiger partial charge in [-0.3, -0.25) is 4.90 Å². The van der Waals surface area contributed by atoms with Gasteiger partial charge in [0.15, 0.2) is 0 Å². The van der Waals surface area contributed by atoms with Crippen molar-refractivity contribution in [2.45, 2.75) is 12.1 Å². The van der Waals surface area contributed by atoms with Crippen molar-refractivity contribution in [3.8, 4) is 0 Å². The van der Waals surface area contributed by atoms with E-state index in [1.165, 1.54) is 0 Å². The Morgan fingerprint density at radius 1 is 1.33 bits per heavy atom. The summed E-state index contributed by atoms with van der Waals surface area (Å²) in [6.45, 7) is 4.12. The smallest absolute Gasteiger partial charge is 0.0867 e. The Bertz CT molecular complexity index is 137. The zero-order chi connectivity index (χ0) is 6.97. The summed E-state index contributed by atoms with van der Waals surface area (Å²) < 4.78 is 5.57. The van der Waals surface area contributed by atoms with E-state index in [-0.39, 0.29) is 24.8 Å². The maximum atomic E-state index is 5.57. The lowest BCUT2D eigenvalue weighted by Crippen LogP contribution is -2.48. The summed E-state index contributed by atoms with van der Waals surface area (Å²) in [5.41, 5.74) is 0. The van der Waals surface area contributed by atoms with Gasteiger partial charge in [-0.15, -0.1) is 24.8 Å². The van der Waals surface area contributed by atoms with Gasteiger partial charge >= 0.3 is 0 Å². The third-order valence-electron chi connectivity index (χ3n) is 2.47. The van der Waals surface area contributed by atoms with Crippen LogP contribution in [0.5, 0.6) is 0 Å². The Labute approximate surface area is 85.6 Å². The lowest BCUT2D eigenvalue weighted by Gasteiger charge is -2.33. The summed E-state index contributed by atoms with van der Waals surface area (Å²) in [7, 11) is 2.17. The highest BCUT2D eigenvalue weighted by Crippen LogP contribution is 2.14. The Morgan fingerprint density at radius 3 is 2.75 bits per heavy atom. The molecule has 2 aliphatic rings. The fourth-order valence-corrected chi connectivity index (χ4v) is 1.76. The van der Waals surface area contributed by atoms with Crippen LogP contribution in [-0.4, -0.2) is 50.3 Å². The van der Waals surface area contributed by atoms with E-state index in [0.717, 1.165) is 26.2 Å². The molecule has 2 aliphatic heterocycles. The predicted molar refractivity (Wildman–Crippen MR) is 53.5 cm³/mol. The van der Waals surface area contributed by atoms with Gasteiger partial charge < -0.3 is 10.1 Å².